The maximum absolute atomic E-state index is 11.9. The van der Waals surface area contributed by atoms with E-state index in [0.29, 0.717) is 30.6 Å². The molecule has 0 saturated heterocycles. The summed E-state index contributed by atoms with van der Waals surface area (Å²) >= 11 is 0. The fraction of sp³-hybridized carbons (Fsp3) is 0.643. The Hall–Kier alpha value is -1.69. The van der Waals surface area contributed by atoms with Crippen molar-refractivity contribution in [3.8, 4) is 0 Å². The first-order valence-electron chi connectivity index (χ1n) is 7.05. The normalized spacial score (nSPS) is 10.6. The van der Waals surface area contributed by atoms with Crippen LogP contribution in [0.5, 0.6) is 0 Å². The fourth-order valence-corrected chi connectivity index (χ4v) is 1.53. The van der Waals surface area contributed by atoms with Crippen LogP contribution in [0, 0.1) is 5.92 Å². The molecule has 0 spiro atoms. The van der Waals surface area contributed by atoms with Crippen molar-refractivity contribution in [2.75, 3.05) is 31.6 Å². The largest absolute Gasteiger partial charge is 0.381 e. The van der Waals surface area contributed by atoms with E-state index in [1.807, 2.05) is 6.92 Å². The average Bonchev–Trinajstić information content (AvgIpc) is 2.43. The number of carbonyl (C=O) groups excluding carboxylic acids is 1. The number of carbonyl (C=O) groups is 1. The zero-order valence-electron chi connectivity index (χ0n) is 12.5. The standard InChI is InChI=1S/C14H24N4O2/c1-4-16-13-9-15-8-12(18-13)14(19)17-6-5-7-20-10-11(2)3/h8-9,11H,4-7,10H2,1-3H3,(H,16,18)(H,17,19). The van der Waals surface area contributed by atoms with Crippen LogP contribution in [0.2, 0.25) is 0 Å². The summed E-state index contributed by atoms with van der Waals surface area (Å²) in [6.45, 7) is 8.91. The third-order valence-electron chi connectivity index (χ3n) is 2.43. The van der Waals surface area contributed by atoms with Gasteiger partial charge in [-0.3, -0.25) is 9.78 Å². The summed E-state index contributed by atoms with van der Waals surface area (Å²) in [6.07, 6.45) is 3.85. The highest BCUT2D eigenvalue weighted by Gasteiger charge is 2.07. The van der Waals surface area contributed by atoms with E-state index in [-0.39, 0.29) is 5.91 Å². The lowest BCUT2D eigenvalue weighted by Crippen LogP contribution is -2.26. The van der Waals surface area contributed by atoms with Gasteiger partial charge in [0.1, 0.15) is 11.5 Å². The molecule has 0 saturated carbocycles. The van der Waals surface area contributed by atoms with Crippen LogP contribution in [0.3, 0.4) is 0 Å². The molecule has 6 heteroatoms. The second kappa shape index (κ2) is 9.25. The number of hydrogen-bond acceptors (Lipinski definition) is 5. The molecule has 0 fully saturated rings. The second-order valence-corrected chi connectivity index (χ2v) is 4.90. The van der Waals surface area contributed by atoms with E-state index in [1.165, 1.54) is 6.20 Å². The molecule has 1 amide bonds. The average molecular weight is 280 g/mol. The molecule has 1 aromatic rings. The molecule has 0 aromatic carbocycles. The number of rotatable bonds is 9. The molecule has 112 valence electrons. The Kier molecular flexibility index (Phi) is 7.57. The van der Waals surface area contributed by atoms with Crippen LogP contribution in [-0.4, -0.2) is 42.2 Å². The molecular weight excluding hydrogens is 256 g/mol. The number of amides is 1. The van der Waals surface area contributed by atoms with Crippen molar-refractivity contribution in [2.45, 2.75) is 27.2 Å². The summed E-state index contributed by atoms with van der Waals surface area (Å²) in [6, 6.07) is 0. The highest BCUT2D eigenvalue weighted by molar-refractivity contribution is 5.92. The van der Waals surface area contributed by atoms with E-state index < -0.39 is 0 Å². The number of nitrogens with zero attached hydrogens (tertiary/aromatic N) is 2. The SMILES string of the molecule is CCNc1cncc(C(=O)NCCCOCC(C)C)n1. The molecule has 2 N–H and O–H groups in total. The first-order valence-corrected chi connectivity index (χ1v) is 7.05. The van der Waals surface area contributed by atoms with E-state index in [0.717, 1.165) is 19.6 Å². The van der Waals surface area contributed by atoms with Crippen LogP contribution < -0.4 is 10.6 Å². The zero-order valence-corrected chi connectivity index (χ0v) is 12.5. The maximum Gasteiger partial charge on any atom is 0.271 e. The highest BCUT2D eigenvalue weighted by Crippen LogP contribution is 2.01. The van der Waals surface area contributed by atoms with Gasteiger partial charge in [0.15, 0.2) is 0 Å². The Balaban J connectivity index is 2.27. The molecule has 0 bridgehead atoms. The van der Waals surface area contributed by atoms with Crippen LogP contribution in [0.15, 0.2) is 12.4 Å². The zero-order chi connectivity index (χ0) is 14.8. The molecule has 0 unspecified atom stereocenters. The number of aromatic nitrogens is 2. The van der Waals surface area contributed by atoms with Gasteiger partial charge in [0.2, 0.25) is 0 Å². The summed E-state index contributed by atoms with van der Waals surface area (Å²) in [7, 11) is 0. The Bertz CT molecular complexity index is 410. The van der Waals surface area contributed by atoms with Gasteiger partial charge in [-0.25, -0.2) is 4.98 Å². The minimum atomic E-state index is -0.207. The molecule has 6 nitrogen and oxygen atoms in total. The van der Waals surface area contributed by atoms with Crippen molar-refractivity contribution in [3.63, 3.8) is 0 Å². The predicted molar refractivity (Wildman–Crippen MR) is 78.8 cm³/mol. The fourth-order valence-electron chi connectivity index (χ4n) is 1.53. The van der Waals surface area contributed by atoms with Gasteiger partial charge in [-0.1, -0.05) is 13.8 Å². The molecule has 0 atom stereocenters. The van der Waals surface area contributed by atoms with Crippen molar-refractivity contribution in [1.82, 2.24) is 15.3 Å². The minimum absolute atomic E-state index is 0.207. The van der Waals surface area contributed by atoms with Gasteiger partial charge in [0.25, 0.3) is 5.91 Å². The molecule has 0 aliphatic carbocycles. The quantitative estimate of drug-likeness (QED) is 0.673. The Labute approximate surface area is 120 Å². The van der Waals surface area contributed by atoms with Crippen LogP contribution in [-0.2, 0) is 4.74 Å². The lowest BCUT2D eigenvalue weighted by atomic mass is 10.2. The van der Waals surface area contributed by atoms with Crippen LogP contribution >= 0.6 is 0 Å². The predicted octanol–water partition coefficient (Wildman–Crippen LogP) is 1.70. The molecule has 20 heavy (non-hydrogen) atoms. The smallest absolute Gasteiger partial charge is 0.271 e. The topological polar surface area (TPSA) is 76.1 Å². The van der Waals surface area contributed by atoms with Crippen molar-refractivity contribution in [1.29, 1.82) is 0 Å². The lowest BCUT2D eigenvalue weighted by Gasteiger charge is -2.08. The summed E-state index contributed by atoms with van der Waals surface area (Å²) in [5, 5.41) is 5.83. The minimum Gasteiger partial charge on any atom is -0.381 e. The van der Waals surface area contributed by atoms with Gasteiger partial charge < -0.3 is 15.4 Å². The van der Waals surface area contributed by atoms with Crippen LogP contribution in [0.1, 0.15) is 37.7 Å². The van der Waals surface area contributed by atoms with Crippen LogP contribution in [0.25, 0.3) is 0 Å². The van der Waals surface area contributed by atoms with Gasteiger partial charge in [0, 0.05) is 26.3 Å². The number of hydrogen-bond donors (Lipinski definition) is 2. The number of ether oxygens (including phenoxy) is 1. The van der Waals surface area contributed by atoms with E-state index >= 15 is 0 Å². The molecule has 0 aliphatic rings. The van der Waals surface area contributed by atoms with Crippen molar-refractivity contribution >= 4 is 11.7 Å². The van der Waals surface area contributed by atoms with E-state index in [4.69, 9.17) is 4.74 Å². The monoisotopic (exact) mass is 280 g/mol. The number of nitrogens with one attached hydrogen (secondary N) is 2. The van der Waals surface area contributed by atoms with Gasteiger partial charge >= 0.3 is 0 Å². The third-order valence-corrected chi connectivity index (χ3v) is 2.43. The summed E-state index contributed by atoms with van der Waals surface area (Å²) < 4.78 is 5.44. The molecule has 1 rings (SSSR count). The molecule has 0 aliphatic heterocycles. The first kappa shape index (κ1) is 16.4. The Morgan fingerprint density at radius 2 is 2.20 bits per heavy atom. The maximum atomic E-state index is 11.9. The lowest BCUT2D eigenvalue weighted by molar-refractivity contribution is 0.0920. The molecule has 1 aromatic heterocycles. The van der Waals surface area contributed by atoms with Crippen molar-refractivity contribution < 1.29 is 9.53 Å². The molecular formula is C14H24N4O2. The third kappa shape index (κ3) is 6.47. The van der Waals surface area contributed by atoms with Gasteiger partial charge in [-0.05, 0) is 19.3 Å². The summed E-state index contributed by atoms with van der Waals surface area (Å²) in [4.78, 5) is 20.0. The highest BCUT2D eigenvalue weighted by atomic mass is 16.5. The van der Waals surface area contributed by atoms with Gasteiger partial charge in [-0.15, -0.1) is 0 Å². The van der Waals surface area contributed by atoms with Crippen molar-refractivity contribution in [2.24, 2.45) is 5.92 Å². The molecule has 1 heterocycles. The molecule has 0 radical (unpaired) electrons. The Morgan fingerprint density at radius 3 is 2.90 bits per heavy atom. The first-order chi connectivity index (χ1) is 9.63. The van der Waals surface area contributed by atoms with Crippen molar-refractivity contribution in [3.05, 3.63) is 18.1 Å². The van der Waals surface area contributed by atoms with Crippen LogP contribution in [0.4, 0.5) is 5.82 Å². The summed E-state index contributed by atoms with van der Waals surface area (Å²) in [5.74, 6) is 0.940. The van der Waals surface area contributed by atoms with Gasteiger partial charge in [0.05, 0.1) is 12.4 Å². The summed E-state index contributed by atoms with van der Waals surface area (Å²) in [5.41, 5.74) is 0.326. The number of anilines is 1. The second-order valence-electron chi connectivity index (χ2n) is 4.90. The van der Waals surface area contributed by atoms with E-state index in [2.05, 4.69) is 34.4 Å². The van der Waals surface area contributed by atoms with E-state index in [1.54, 1.807) is 6.20 Å². The Morgan fingerprint density at radius 1 is 1.40 bits per heavy atom. The van der Waals surface area contributed by atoms with Gasteiger partial charge in [-0.2, -0.15) is 0 Å². The van der Waals surface area contributed by atoms with E-state index in [9.17, 15) is 4.79 Å².